The Kier molecular flexibility index (Phi) is 6.23. The van der Waals surface area contributed by atoms with Crippen LogP contribution in [0.4, 0.5) is 5.69 Å². The molecule has 0 aliphatic carbocycles. The van der Waals surface area contributed by atoms with Crippen molar-refractivity contribution in [2.24, 2.45) is 0 Å². The van der Waals surface area contributed by atoms with Crippen LogP contribution in [0, 0.1) is 13.8 Å². The van der Waals surface area contributed by atoms with Crippen molar-refractivity contribution >= 4 is 23.2 Å². The number of rotatable bonds is 6. The van der Waals surface area contributed by atoms with Gasteiger partial charge in [-0.2, -0.15) is 0 Å². The molecule has 1 amide bonds. The number of hydrogen-bond acceptors (Lipinski definition) is 2. The van der Waals surface area contributed by atoms with Gasteiger partial charge in [0.1, 0.15) is 12.3 Å². The molecule has 0 aliphatic heterocycles. The van der Waals surface area contributed by atoms with Crippen LogP contribution in [-0.4, -0.2) is 26.6 Å². The first-order valence-corrected chi connectivity index (χ1v) is 8.28. The van der Waals surface area contributed by atoms with Gasteiger partial charge in [0.25, 0.3) is 5.91 Å². The molecule has 2 N–H and O–H groups in total. The van der Waals surface area contributed by atoms with E-state index in [0.717, 1.165) is 33.0 Å². The molecule has 5 heteroatoms. The summed E-state index contributed by atoms with van der Waals surface area (Å²) in [6.07, 6.45) is 0. The molecule has 0 saturated heterocycles. The molecule has 24 heavy (non-hydrogen) atoms. The molecule has 2 rings (SSSR count). The van der Waals surface area contributed by atoms with Gasteiger partial charge in [-0.05, 0) is 43.2 Å². The van der Waals surface area contributed by atoms with Gasteiger partial charge in [-0.25, -0.2) is 0 Å². The predicted octanol–water partition coefficient (Wildman–Crippen LogP) is 2.62. The van der Waals surface area contributed by atoms with Crippen molar-refractivity contribution in [2.45, 2.75) is 20.4 Å². The molecule has 0 heterocycles. The SMILES string of the molecule is COc1ccc(Cl)cc1C[NH+](C)CC(=O)Nc1c(C)cccc1C. The van der Waals surface area contributed by atoms with E-state index in [4.69, 9.17) is 16.3 Å². The number of para-hydroxylation sites is 1. The highest BCUT2D eigenvalue weighted by atomic mass is 35.5. The Morgan fingerprint density at radius 2 is 1.88 bits per heavy atom. The molecule has 128 valence electrons. The molecular weight excluding hydrogens is 324 g/mol. The van der Waals surface area contributed by atoms with Crippen LogP contribution in [0.2, 0.25) is 5.02 Å². The van der Waals surface area contributed by atoms with Gasteiger partial charge in [-0.1, -0.05) is 29.8 Å². The number of halogens is 1. The number of nitrogens with one attached hydrogen (secondary N) is 2. The van der Waals surface area contributed by atoms with Crippen LogP contribution < -0.4 is 15.0 Å². The number of quaternary nitrogens is 1. The molecule has 4 nitrogen and oxygen atoms in total. The lowest BCUT2D eigenvalue weighted by molar-refractivity contribution is -0.885. The number of benzene rings is 2. The number of hydrogen-bond donors (Lipinski definition) is 2. The van der Waals surface area contributed by atoms with Gasteiger partial charge >= 0.3 is 0 Å². The number of methoxy groups -OCH3 is 1. The van der Waals surface area contributed by atoms with Gasteiger partial charge in [-0.15, -0.1) is 0 Å². The van der Waals surface area contributed by atoms with E-state index in [1.807, 2.05) is 51.2 Å². The third-order valence-electron chi connectivity index (χ3n) is 3.94. The Labute approximate surface area is 148 Å². The average Bonchev–Trinajstić information content (AvgIpc) is 2.51. The number of aryl methyl sites for hydroxylation is 2. The van der Waals surface area contributed by atoms with Gasteiger partial charge in [0.15, 0.2) is 6.54 Å². The number of amides is 1. The van der Waals surface area contributed by atoms with Crippen LogP contribution in [0.1, 0.15) is 16.7 Å². The molecule has 0 saturated carbocycles. The van der Waals surface area contributed by atoms with E-state index in [1.54, 1.807) is 13.2 Å². The van der Waals surface area contributed by atoms with E-state index < -0.39 is 0 Å². The molecule has 0 bridgehead atoms. The molecular formula is C19H24ClN2O2+. The Bertz CT molecular complexity index is 711. The van der Waals surface area contributed by atoms with Crippen LogP contribution in [0.3, 0.4) is 0 Å². The summed E-state index contributed by atoms with van der Waals surface area (Å²) in [6.45, 7) is 5.01. The van der Waals surface area contributed by atoms with Gasteiger partial charge in [0.2, 0.25) is 0 Å². The monoisotopic (exact) mass is 347 g/mol. The summed E-state index contributed by atoms with van der Waals surface area (Å²) in [5.74, 6) is 0.778. The topological polar surface area (TPSA) is 42.8 Å². The molecule has 1 unspecified atom stereocenters. The second-order valence-electron chi connectivity index (χ2n) is 6.08. The molecule has 0 spiro atoms. The first kappa shape index (κ1) is 18.3. The summed E-state index contributed by atoms with van der Waals surface area (Å²) in [5.41, 5.74) is 4.02. The smallest absolute Gasteiger partial charge is 0.279 e. The normalized spacial score (nSPS) is 11.9. The van der Waals surface area contributed by atoms with Crippen molar-refractivity contribution in [1.82, 2.24) is 0 Å². The Morgan fingerprint density at radius 1 is 1.21 bits per heavy atom. The molecule has 1 atom stereocenters. The second kappa shape index (κ2) is 8.18. The van der Waals surface area contributed by atoms with Crippen molar-refractivity contribution in [2.75, 3.05) is 26.0 Å². The maximum Gasteiger partial charge on any atom is 0.279 e. The third kappa shape index (κ3) is 4.73. The van der Waals surface area contributed by atoms with Crippen LogP contribution in [-0.2, 0) is 11.3 Å². The summed E-state index contributed by atoms with van der Waals surface area (Å²) >= 11 is 6.06. The van der Waals surface area contributed by atoms with Crippen molar-refractivity contribution in [3.05, 3.63) is 58.1 Å². The largest absolute Gasteiger partial charge is 0.496 e. The first-order chi connectivity index (χ1) is 11.4. The number of carbonyl (C=O) groups is 1. The molecule has 0 aromatic heterocycles. The minimum atomic E-state index is -0.00843. The lowest BCUT2D eigenvalue weighted by Gasteiger charge is -2.17. The van der Waals surface area contributed by atoms with Crippen molar-refractivity contribution in [3.63, 3.8) is 0 Å². The van der Waals surface area contributed by atoms with Crippen LogP contribution >= 0.6 is 11.6 Å². The lowest BCUT2D eigenvalue weighted by Crippen LogP contribution is -3.08. The van der Waals surface area contributed by atoms with Gasteiger partial charge in [0.05, 0.1) is 14.2 Å². The van der Waals surface area contributed by atoms with Crippen LogP contribution in [0.5, 0.6) is 5.75 Å². The number of likely N-dealkylation sites (N-methyl/N-ethyl adjacent to an activating group) is 1. The predicted molar refractivity (Wildman–Crippen MR) is 98.0 cm³/mol. The molecule has 2 aromatic rings. The highest BCUT2D eigenvalue weighted by molar-refractivity contribution is 6.30. The number of carbonyl (C=O) groups excluding carboxylic acids is 1. The Balaban J connectivity index is 2.01. The fraction of sp³-hybridized carbons (Fsp3) is 0.316. The third-order valence-corrected chi connectivity index (χ3v) is 4.18. The summed E-state index contributed by atoms with van der Waals surface area (Å²) in [6, 6.07) is 11.5. The van der Waals surface area contributed by atoms with Crippen LogP contribution in [0.25, 0.3) is 0 Å². The summed E-state index contributed by atoms with van der Waals surface area (Å²) in [4.78, 5) is 13.4. The summed E-state index contributed by atoms with van der Waals surface area (Å²) in [7, 11) is 3.61. The molecule has 0 radical (unpaired) electrons. The van der Waals surface area contributed by atoms with Gasteiger partial charge in [-0.3, -0.25) is 4.79 Å². The highest BCUT2D eigenvalue weighted by Gasteiger charge is 2.15. The number of ether oxygens (including phenoxy) is 1. The van der Waals surface area contributed by atoms with Crippen molar-refractivity contribution < 1.29 is 14.4 Å². The molecule has 0 aliphatic rings. The fourth-order valence-electron chi connectivity index (χ4n) is 2.74. The zero-order chi connectivity index (χ0) is 17.7. The summed E-state index contributed by atoms with van der Waals surface area (Å²) < 4.78 is 5.36. The maximum atomic E-state index is 12.3. The van der Waals surface area contributed by atoms with Crippen LogP contribution in [0.15, 0.2) is 36.4 Å². The van der Waals surface area contributed by atoms with E-state index in [9.17, 15) is 4.79 Å². The average molecular weight is 348 g/mol. The van der Waals surface area contributed by atoms with E-state index in [0.29, 0.717) is 18.1 Å². The highest BCUT2D eigenvalue weighted by Crippen LogP contribution is 2.22. The van der Waals surface area contributed by atoms with Crippen molar-refractivity contribution in [3.8, 4) is 5.75 Å². The van der Waals surface area contributed by atoms with E-state index in [-0.39, 0.29) is 5.91 Å². The van der Waals surface area contributed by atoms with E-state index >= 15 is 0 Å². The van der Waals surface area contributed by atoms with Gasteiger partial charge < -0.3 is 15.0 Å². The lowest BCUT2D eigenvalue weighted by atomic mass is 10.1. The minimum Gasteiger partial charge on any atom is -0.496 e. The minimum absolute atomic E-state index is 0.00843. The van der Waals surface area contributed by atoms with E-state index in [1.165, 1.54) is 0 Å². The second-order valence-corrected chi connectivity index (χ2v) is 6.52. The van der Waals surface area contributed by atoms with Crippen molar-refractivity contribution in [1.29, 1.82) is 0 Å². The fourth-order valence-corrected chi connectivity index (χ4v) is 2.94. The Morgan fingerprint density at radius 3 is 2.50 bits per heavy atom. The van der Waals surface area contributed by atoms with Gasteiger partial charge in [0, 0.05) is 16.3 Å². The zero-order valence-corrected chi connectivity index (χ0v) is 15.3. The first-order valence-electron chi connectivity index (χ1n) is 7.90. The maximum absolute atomic E-state index is 12.3. The quantitative estimate of drug-likeness (QED) is 0.843. The zero-order valence-electron chi connectivity index (χ0n) is 14.6. The van der Waals surface area contributed by atoms with E-state index in [2.05, 4.69) is 5.32 Å². The summed E-state index contributed by atoms with van der Waals surface area (Å²) in [5, 5.41) is 3.68. The molecule has 2 aromatic carbocycles. The Hall–Kier alpha value is -2.04. The standard InChI is InChI=1S/C19H23ClN2O2/c1-13-6-5-7-14(2)19(13)21-18(23)12-22(3)11-15-10-16(20)8-9-17(15)24-4/h5-10H,11-12H2,1-4H3,(H,21,23)/p+1. The number of anilines is 1. The molecule has 0 fully saturated rings.